The Morgan fingerprint density at radius 2 is 1.86 bits per heavy atom. The molecule has 0 saturated carbocycles. The first-order valence-electron chi connectivity index (χ1n) is 12.0. The van der Waals surface area contributed by atoms with Crippen molar-refractivity contribution >= 4 is 28.4 Å². The molecule has 4 aromatic rings. The van der Waals surface area contributed by atoms with Crippen LogP contribution in [0, 0.1) is 0 Å². The summed E-state index contributed by atoms with van der Waals surface area (Å²) in [5, 5.41) is 4.21. The van der Waals surface area contributed by atoms with Crippen molar-refractivity contribution in [2.24, 2.45) is 0 Å². The number of fused-ring (bicyclic) bond motifs is 6. The van der Waals surface area contributed by atoms with Crippen LogP contribution in [-0.4, -0.2) is 46.4 Å². The fraction of sp³-hybridized carbons (Fsp3) is 0.250. The van der Waals surface area contributed by atoms with Gasteiger partial charge in [0.25, 0.3) is 5.91 Å². The summed E-state index contributed by atoms with van der Waals surface area (Å²) in [6.07, 6.45) is 2.96. The number of amides is 2. The maximum atomic E-state index is 13.4. The van der Waals surface area contributed by atoms with Crippen molar-refractivity contribution in [3.63, 3.8) is 0 Å². The van der Waals surface area contributed by atoms with E-state index in [1.165, 1.54) is 5.56 Å². The third-order valence-corrected chi connectivity index (χ3v) is 7.14. The molecular formula is C28H27N5O2. The van der Waals surface area contributed by atoms with Gasteiger partial charge in [-0.1, -0.05) is 36.4 Å². The molecule has 0 radical (unpaired) electrons. The van der Waals surface area contributed by atoms with Crippen molar-refractivity contribution in [1.82, 2.24) is 19.8 Å². The standard InChI is InChI=1S/C28H27N5O2/c1-31-23-11-4-3-10-22(23)28(35)32-17-14-21-20-9-2-5-12-24(20)33(26(21)27(31)32)18-25(34)30-16-13-19-8-6-7-15-29-19/h2-12,15,27H,13-14,16-18H2,1H3,(H,30,34). The lowest BCUT2D eigenvalue weighted by molar-refractivity contribution is -0.121. The van der Waals surface area contributed by atoms with Crippen molar-refractivity contribution in [2.45, 2.75) is 25.6 Å². The van der Waals surface area contributed by atoms with Crippen molar-refractivity contribution in [3.8, 4) is 0 Å². The van der Waals surface area contributed by atoms with E-state index in [9.17, 15) is 9.59 Å². The maximum Gasteiger partial charge on any atom is 0.257 e. The van der Waals surface area contributed by atoms with E-state index >= 15 is 0 Å². The highest BCUT2D eigenvalue weighted by atomic mass is 16.2. The van der Waals surface area contributed by atoms with Gasteiger partial charge in [0.05, 0.1) is 16.9 Å². The Morgan fingerprint density at radius 3 is 2.71 bits per heavy atom. The molecule has 0 fully saturated rings. The molecule has 2 aliphatic heterocycles. The van der Waals surface area contributed by atoms with Crippen LogP contribution < -0.4 is 10.2 Å². The van der Waals surface area contributed by atoms with Crippen LogP contribution in [0.1, 0.15) is 33.5 Å². The van der Waals surface area contributed by atoms with Gasteiger partial charge in [0.2, 0.25) is 5.91 Å². The van der Waals surface area contributed by atoms with Crippen LogP contribution >= 0.6 is 0 Å². The number of rotatable bonds is 5. The molecule has 7 nitrogen and oxygen atoms in total. The first-order valence-corrected chi connectivity index (χ1v) is 12.0. The predicted octanol–water partition coefficient (Wildman–Crippen LogP) is 3.54. The number of nitrogens with one attached hydrogen (secondary N) is 1. The number of pyridine rings is 1. The van der Waals surface area contributed by atoms with E-state index in [0.717, 1.165) is 40.0 Å². The normalized spacial score (nSPS) is 16.6. The number of benzene rings is 2. The second kappa shape index (κ2) is 8.58. The van der Waals surface area contributed by atoms with Gasteiger partial charge in [-0.15, -0.1) is 0 Å². The van der Waals surface area contributed by atoms with Gasteiger partial charge < -0.3 is 19.7 Å². The highest BCUT2D eigenvalue weighted by Crippen LogP contribution is 2.44. The van der Waals surface area contributed by atoms with Gasteiger partial charge in [0.15, 0.2) is 0 Å². The number of hydrogen-bond donors (Lipinski definition) is 1. The van der Waals surface area contributed by atoms with Crippen molar-refractivity contribution in [1.29, 1.82) is 0 Å². The monoisotopic (exact) mass is 465 g/mol. The number of hydrogen-bond acceptors (Lipinski definition) is 4. The van der Waals surface area contributed by atoms with Crippen LogP contribution in [0.25, 0.3) is 10.9 Å². The zero-order valence-corrected chi connectivity index (χ0v) is 19.6. The lowest BCUT2D eigenvalue weighted by atomic mass is 9.96. The number of anilines is 1. The Balaban J connectivity index is 1.35. The molecule has 7 heteroatoms. The third-order valence-electron chi connectivity index (χ3n) is 7.14. The van der Waals surface area contributed by atoms with Crippen LogP contribution in [0.2, 0.25) is 0 Å². The molecule has 2 aliphatic rings. The fourth-order valence-electron chi connectivity index (χ4n) is 5.55. The largest absolute Gasteiger partial charge is 0.354 e. The van der Waals surface area contributed by atoms with Gasteiger partial charge in [0.1, 0.15) is 12.7 Å². The van der Waals surface area contributed by atoms with Gasteiger partial charge in [-0.3, -0.25) is 14.6 Å². The van der Waals surface area contributed by atoms with E-state index in [4.69, 9.17) is 0 Å². The van der Waals surface area contributed by atoms with E-state index in [1.54, 1.807) is 6.20 Å². The molecule has 0 bridgehead atoms. The van der Waals surface area contributed by atoms with E-state index in [0.29, 0.717) is 19.5 Å². The molecule has 2 aromatic carbocycles. The Hall–Kier alpha value is -4.13. The number of nitrogens with zero attached hydrogens (tertiary/aromatic N) is 4. The molecule has 1 atom stereocenters. The van der Waals surface area contributed by atoms with Gasteiger partial charge in [-0.25, -0.2) is 0 Å². The average molecular weight is 466 g/mol. The van der Waals surface area contributed by atoms with Gasteiger partial charge in [-0.2, -0.15) is 0 Å². The fourth-order valence-corrected chi connectivity index (χ4v) is 5.55. The maximum absolute atomic E-state index is 13.4. The molecule has 6 rings (SSSR count). The first-order chi connectivity index (χ1) is 17.1. The SMILES string of the molecule is CN1c2ccccc2C(=O)N2CCc3c(n(CC(=O)NCCc4ccccn4)c4ccccc34)C21. The molecule has 2 amide bonds. The molecular weight excluding hydrogens is 438 g/mol. The Labute approximate surface area is 204 Å². The molecule has 4 heterocycles. The van der Waals surface area contributed by atoms with Crippen molar-refractivity contribution in [3.05, 3.63) is 95.4 Å². The number of carbonyl (C=O) groups is 2. The first kappa shape index (κ1) is 21.4. The lowest BCUT2D eigenvalue weighted by Crippen LogP contribution is -2.51. The molecule has 0 saturated heterocycles. The van der Waals surface area contributed by atoms with E-state index in [-0.39, 0.29) is 24.5 Å². The zero-order chi connectivity index (χ0) is 23.9. The topological polar surface area (TPSA) is 70.5 Å². The molecule has 176 valence electrons. The summed E-state index contributed by atoms with van der Waals surface area (Å²) in [4.78, 5) is 35.0. The Morgan fingerprint density at radius 1 is 1.06 bits per heavy atom. The third kappa shape index (κ3) is 3.55. The van der Waals surface area contributed by atoms with Gasteiger partial charge in [0, 0.05) is 49.4 Å². The number of aromatic nitrogens is 2. The number of carbonyl (C=O) groups excluding carboxylic acids is 2. The van der Waals surface area contributed by atoms with Crippen LogP contribution in [-0.2, 0) is 24.2 Å². The summed E-state index contributed by atoms with van der Waals surface area (Å²) in [5.74, 6) is -0.00207. The zero-order valence-electron chi connectivity index (χ0n) is 19.6. The molecule has 2 aromatic heterocycles. The second-order valence-corrected chi connectivity index (χ2v) is 9.14. The predicted molar refractivity (Wildman–Crippen MR) is 135 cm³/mol. The summed E-state index contributed by atoms with van der Waals surface area (Å²) in [5.41, 5.74) is 5.88. The van der Waals surface area contributed by atoms with E-state index < -0.39 is 0 Å². The van der Waals surface area contributed by atoms with Crippen LogP contribution in [0.4, 0.5) is 5.69 Å². The molecule has 0 spiro atoms. The van der Waals surface area contributed by atoms with Crippen LogP contribution in [0.15, 0.2) is 72.9 Å². The van der Waals surface area contributed by atoms with Gasteiger partial charge >= 0.3 is 0 Å². The highest BCUT2D eigenvalue weighted by molar-refractivity contribution is 6.02. The highest BCUT2D eigenvalue weighted by Gasteiger charge is 2.42. The lowest BCUT2D eigenvalue weighted by Gasteiger charge is -2.46. The minimum absolute atomic E-state index is 0.0472. The minimum Gasteiger partial charge on any atom is -0.354 e. The van der Waals surface area contributed by atoms with Gasteiger partial charge in [-0.05, 0) is 42.3 Å². The minimum atomic E-state index is -0.255. The smallest absolute Gasteiger partial charge is 0.257 e. The molecule has 1 N–H and O–H groups in total. The quantitative estimate of drug-likeness (QED) is 0.490. The van der Waals surface area contributed by atoms with E-state index in [1.807, 2.05) is 66.5 Å². The molecule has 0 aliphatic carbocycles. The average Bonchev–Trinajstić information content (AvgIpc) is 3.21. The summed E-state index contributed by atoms with van der Waals surface area (Å²) in [6.45, 7) is 1.38. The van der Waals surface area contributed by atoms with Crippen LogP contribution in [0.3, 0.4) is 0 Å². The second-order valence-electron chi connectivity index (χ2n) is 9.14. The van der Waals surface area contributed by atoms with Crippen LogP contribution in [0.5, 0.6) is 0 Å². The summed E-state index contributed by atoms with van der Waals surface area (Å²) >= 11 is 0. The molecule has 35 heavy (non-hydrogen) atoms. The van der Waals surface area contributed by atoms with E-state index in [2.05, 4.69) is 31.9 Å². The summed E-state index contributed by atoms with van der Waals surface area (Å²) in [7, 11) is 2.03. The number of para-hydroxylation sites is 2. The van der Waals surface area contributed by atoms with Crippen molar-refractivity contribution in [2.75, 3.05) is 25.0 Å². The molecule has 1 unspecified atom stereocenters. The summed E-state index contributed by atoms with van der Waals surface area (Å²) in [6, 6.07) is 21.8. The van der Waals surface area contributed by atoms with Crippen molar-refractivity contribution < 1.29 is 9.59 Å². The Bertz CT molecular complexity index is 1430. The summed E-state index contributed by atoms with van der Waals surface area (Å²) < 4.78 is 2.11. The Kier molecular flexibility index (Phi) is 5.25.